The normalized spacial score (nSPS) is 13.6. The van der Waals surface area contributed by atoms with Crippen LogP contribution in [-0.2, 0) is 27.9 Å². The topological polar surface area (TPSA) is 91.3 Å². The van der Waals surface area contributed by atoms with Crippen LogP contribution < -0.4 is 0 Å². The van der Waals surface area contributed by atoms with Gasteiger partial charge in [0.2, 0.25) is 0 Å². The fraction of sp³-hybridized carbons (Fsp3) is 0.941. The summed E-state index contributed by atoms with van der Waals surface area (Å²) in [4.78, 5) is 23.0. The number of quaternary nitrogens is 1. The summed E-state index contributed by atoms with van der Waals surface area (Å²) in [6.45, 7) is 5.67. The number of ether oxygens (including phenoxy) is 2. The summed E-state index contributed by atoms with van der Waals surface area (Å²) in [6.07, 6.45) is 51.2. The van der Waals surface area contributed by atoms with E-state index >= 15 is 0 Å². The van der Waals surface area contributed by atoms with Gasteiger partial charge in [-0.1, -0.05) is 219 Å². The van der Waals surface area contributed by atoms with Gasteiger partial charge in [-0.25, -0.2) is 4.57 Å². The van der Waals surface area contributed by atoms with E-state index in [9.17, 15) is 14.3 Å². The second kappa shape index (κ2) is 44.8. The molecule has 0 aromatic rings. The van der Waals surface area contributed by atoms with Gasteiger partial charge in [0.15, 0.2) is 0 Å². The predicted octanol–water partition coefficient (Wildman–Crippen LogP) is 15.8. The van der Waals surface area contributed by atoms with Crippen LogP contribution in [0.2, 0.25) is 0 Å². The van der Waals surface area contributed by atoms with Crippen LogP contribution in [0.4, 0.5) is 0 Å². The minimum Gasteiger partial charge on any atom is -0.457 e. The van der Waals surface area contributed by atoms with Gasteiger partial charge >= 0.3 is 13.8 Å². The first-order valence-electron chi connectivity index (χ1n) is 25.9. The number of phosphoric ester groups is 1. The summed E-state index contributed by atoms with van der Waals surface area (Å²) in [5.41, 5.74) is 0. The Labute approximate surface area is 373 Å². The van der Waals surface area contributed by atoms with Crippen molar-refractivity contribution in [2.75, 3.05) is 54.1 Å². The molecule has 2 atom stereocenters. The molecule has 9 heteroatoms. The molecule has 0 saturated heterocycles. The van der Waals surface area contributed by atoms with E-state index in [4.69, 9.17) is 18.5 Å². The number of unbranched alkanes of at least 4 members (excludes halogenated alkanes) is 33. The molecule has 0 saturated carbocycles. The van der Waals surface area contributed by atoms with E-state index in [0.29, 0.717) is 24.1 Å². The predicted molar refractivity (Wildman–Crippen MR) is 257 cm³/mol. The smallest absolute Gasteiger partial charge is 0.457 e. The number of esters is 1. The number of carbonyl (C=O) groups excluding carboxylic acids is 1. The van der Waals surface area contributed by atoms with E-state index in [1.165, 1.54) is 193 Å². The van der Waals surface area contributed by atoms with Gasteiger partial charge in [0.1, 0.15) is 19.3 Å². The number of allylic oxidation sites excluding steroid dienone is 2. The third-order valence-corrected chi connectivity index (χ3v) is 12.6. The molecule has 0 aliphatic rings. The Morgan fingerprint density at radius 3 is 1.27 bits per heavy atom. The van der Waals surface area contributed by atoms with E-state index in [-0.39, 0.29) is 25.8 Å². The molecular weight excluding hydrogens is 770 g/mol. The largest absolute Gasteiger partial charge is 0.472 e. The zero-order valence-electron chi connectivity index (χ0n) is 40.7. The highest BCUT2D eigenvalue weighted by molar-refractivity contribution is 7.47. The standard InChI is InChI=1S/C51H102NO7P/c1-6-8-10-12-14-16-18-20-22-24-25-26-27-28-29-31-33-35-37-39-41-43-46-56-48-50(49-58-60(54,55)57-47-45-52(3,4)5)59-51(53)44-42-40-38-36-34-32-30-23-21-19-17-15-13-11-9-7-2/h23,30,50H,6-22,24-29,31-49H2,1-5H3/p+1/b30-23-. The van der Waals surface area contributed by atoms with E-state index < -0.39 is 13.9 Å². The fourth-order valence-electron chi connectivity index (χ4n) is 7.55. The van der Waals surface area contributed by atoms with Crippen LogP contribution >= 0.6 is 7.82 Å². The number of rotatable bonds is 49. The molecule has 0 rings (SSSR count). The number of carbonyl (C=O) groups is 1. The molecule has 0 aromatic carbocycles. The highest BCUT2D eigenvalue weighted by Gasteiger charge is 2.26. The second-order valence-electron chi connectivity index (χ2n) is 18.9. The zero-order chi connectivity index (χ0) is 44.1. The molecule has 0 fully saturated rings. The zero-order valence-corrected chi connectivity index (χ0v) is 41.6. The van der Waals surface area contributed by atoms with Crippen LogP contribution in [0.5, 0.6) is 0 Å². The van der Waals surface area contributed by atoms with Gasteiger partial charge in [0.25, 0.3) is 0 Å². The maximum atomic E-state index is 12.7. The molecule has 0 spiro atoms. The first kappa shape index (κ1) is 59.2. The third kappa shape index (κ3) is 48.3. The SMILES string of the molecule is CCCCCCCCC/C=C\CCCCCCCC(=O)OC(COCCCCCCCCCCCCCCCCCCCCCCCC)COP(=O)(O)OCC[N+](C)(C)C. The van der Waals surface area contributed by atoms with Crippen molar-refractivity contribution in [3.63, 3.8) is 0 Å². The van der Waals surface area contributed by atoms with Crippen LogP contribution in [0, 0.1) is 0 Å². The number of likely N-dealkylation sites (N-methyl/N-ethyl adjacent to an activating group) is 1. The van der Waals surface area contributed by atoms with Gasteiger partial charge in [-0.3, -0.25) is 13.8 Å². The van der Waals surface area contributed by atoms with Gasteiger partial charge in [0.05, 0.1) is 34.4 Å². The highest BCUT2D eigenvalue weighted by Crippen LogP contribution is 2.43. The molecule has 8 nitrogen and oxygen atoms in total. The van der Waals surface area contributed by atoms with E-state index in [2.05, 4.69) is 26.0 Å². The van der Waals surface area contributed by atoms with Crippen LogP contribution in [0.25, 0.3) is 0 Å². The van der Waals surface area contributed by atoms with Crippen molar-refractivity contribution in [1.82, 2.24) is 0 Å². The molecule has 0 bridgehead atoms. The molecule has 1 N–H and O–H groups in total. The Balaban J connectivity index is 4.08. The summed E-state index contributed by atoms with van der Waals surface area (Å²) in [6, 6.07) is 0. The van der Waals surface area contributed by atoms with Crippen molar-refractivity contribution in [3.05, 3.63) is 12.2 Å². The molecular formula is C51H103NO7P+. The maximum absolute atomic E-state index is 12.7. The van der Waals surface area contributed by atoms with Crippen molar-refractivity contribution >= 4 is 13.8 Å². The van der Waals surface area contributed by atoms with Gasteiger partial charge < -0.3 is 18.9 Å². The summed E-state index contributed by atoms with van der Waals surface area (Å²) >= 11 is 0. The van der Waals surface area contributed by atoms with Crippen LogP contribution in [-0.4, -0.2) is 75.6 Å². The van der Waals surface area contributed by atoms with Gasteiger partial charge in [-0.15, -0.1) is 0 Å². The molecule has 0 amide bonds. The van der Waals surface area contributed by atoms with E-state index in [0.717, 1.165) is 38.5 Å². The highest BCUT2D eigenvalue weighted by atomic mass is 31.2. The Morgan fingerprint density at radius 2 is 0.867 bits per heavy atom. The molecule has 0 radical (unpaired) electrons. The van der Waals surface area contributed by atoms with Crippen LogP contribution in [0.15, 0.2) is 12.2 Å². The Morgan fingerprint density at radius 1 is 0.500 bits per heavy atom. The van der Waals surface area contributed by atoms with E-state index in [1.54, 1.807) is 0 Å². The summed E-state index contributed by atoms with van der Waals surface area (Å²) in [7, 11) is 1.68. The van der Waals surface area contributed by atoms with E-state index in [1.807, 2.05) is 21.1 Å². The Hall–Kier alpha value is -0.760. The first-order valence-corrected chi connectivity index (χ1v) is 27.4. The lowest BCUT2D eigenvalue weighted by Crippen LogP contribution is -2.37. The van der Waals surface area contributed by atoms with Crippen molar-refractivity contribution in [2.24, 2.45) is 0 Å². The maximum Gasteiger partial charge on any atom is 0.472 e. The van der Waals surface area contributed by atoms with Crippen LogP contribution in [0.1, 0.15) is 251 Å². The number of hydrogen-bond acceptors (Lipinski definition) is 6. The monoisotopic (exact) mass is 873 g/mol. The molecule has 60 heavy (non-hydrogen) atoms. The fourth-order valence-corrected chi connectivity index (χ4v) is 8.29. The van der Waals surface area contributed by atoms with Gasteiger partial charge in [-0.05, 0) is 38.5 Å². The average Bonchev–Trinajstić information content (AvgIpc) is 3.20. The van der Waals surface area contributed by atoms with Crippen molar-refractivity contribution in [1.29, 1.82) is 0 Å². The van der Waals surface area contributed by atoms with Crippen molar-refractivity contribution in [2.45, 2.75) is 258 Å². The molecule has 2 unspecified atom stereocenters. The number of hydrogen-bond donors (Lipinski definition) is 1. The average molecular weight is 873 g/mol. The minimum absolute atomic E-state index is 0.0906. The third-order valence-electron chi connectivity index (χ3n) is 11.6. The molecule has 358 valence electrons. The number of phosphoric acid groups is 1. The summed E-state index contributed by atoms with van der Waals surface area (Å²) in [5, 5.41) is 0. The lowest BCUT2D eigenvalue weighted by Gasteiger charge is -2.24. The quantitative estimate of drug-likeness (QED) is 0.0214. The second-order valence-corrected chi connectivity index (χ2v) is 20.4. The summed E-state index contributed by atoms with van der Waals surface area (Å²) < 4.78 is 35.1. The lowest BCUT2D eigenvalue weighted by molar-refractivity contribution is -0.870. The Kier molecular flexibility index (Phi) is 44.3. The molecule has 0 aliphatic heterocycles. The molecule has 0 aliphatic carbocycles. The first-order chi connectivity index (χ1) is 29.1. The van der Waals surface area contributed by atoms with Gasteiger partial charge in [-0.2, -0.15) is 0 Å². The minimum atomic E-state index is -4.28. The van der Waals surface area contributed by atoms with Gasteiger partial charge in [0, 0.05) is 13.0 Å². The van der Waals surface area contributed by atoms with Crippen molar-refractivity contribution < 1.29 is 37.3 Å². The Bertz CT molecular complexity index is 972. The lowest BCUT2D eigenvalue weighted by atomic mass is 10.0. The molecule has 0 aromatic heterocycles. The summed E-state index contributed by atoms with van der Waals surface area (Å²) in [5.74, 6) is -0.316. The number of nitrogens with zero attached hydrogens (tertiary/aromatic N) is 1. The van der Waals surface area contributed by atoms with Crippen molar-refractivity contribution in [3.8, 4) is 0 Å². The molecule has 0 heterocycles. The van der Waals surface area contributed by atoms with Crippen LogP contribution in [0.3, 0.4) is 0 Å².